The first-order chi connectivity index (χ1) is 15.5. The molecule has 0 aliphatic heterocycles. The third-order valence-corrected chi connectivity index (χ3v) is 4.54. The molecular weight excluding hydrogens is 484 g/mol. The van der Waals surface area contributed by atoms with Gasteiger partial charge in [0.25, 0.3) is 0 Å². The van der Waals surface area contributed by atoms with Gasteiger partial charge in [0.05, 0.1) is 0 Å². The summed E-state index contributed by atoms with van der Waals surface area (Å²) in [5.74, 6) is 0.791. The third kappa shape index (κ3) is 12.9. The SMILES string of the molecule is C=CCc1cccc(C)c1O.C=CCc1cccc(C)c1O.[C-]1=CC=CC1.[C-]1=CC=CC1.[Zr+2]. The summed E-state index contributed by atoms with van der Waals surface area (Å²) in [6.45, 7) is 11.0. The zero-order chi connectivity index (χ0) is 23.6. The summed E-state index contributed by atoms with van der Waals surface area (Å²) >= 11 is 0. The van der Waals surface area contributed by atoms with E-state index in [9.17, 15) is 10.2 Å². The summed E-state index contributed by atoms with van der Waals surface area (Å²) in [5.41, 5.74) is 3.73. The predicted octanol–water partition coefficient (Wildman–Crippen LogP) is 7.47. The van der Waals surface area contributed by atoms with E-state index in [-0.39, 0.29) is 26.2 Å². The molecule has 3 heteroatoms. The summed E-state index contributed by atoms with van der Waals surface area (Å²) in [6, 6.07) is 11.5. The Labute approximate surface area is 219 Å². The Balaban J connectivity index is 0.000000434. The van der Waals surface area contributed by atoms with Crippen molar-refractivity contribution in [3.05, 3.63) is 133 Å². The van der Waals surface area contributed by atoms with Crippen molar-refractivity contribution in [3.63, 3.8) is 0 Å². The Morgan fingerprint density at radius 1 is 0.758 bits per heavy atom. The molecule has 4 rings (SSSR count). The van der Waals surface area contributed by atoms with Gasteiger partial charge in [0.1, 0.15) is 11.5 Å². The molecule has 0 heterocycles. The molecule has 2 aliphatic rings. The fraction of sp³-hybridized carbons (Fsp3) is 0.200. The van der Waals surface area contributed by atoms with Gasteiger partial charge in [-0.25, -0.2) is 24.3 Å². The first kappa shape index (κ1) is 30.4. The molecule has 170 valence electrons. The monoisotopic (exact) mass is 516 g/mol. The molecule has 0 saturated heterocycles. The number of benzene rings is 2. The van der Waals surface area contributed by atoms with Crippen molar-refractivity contribution in [1.82, 2.24) is 0 Å². The zero-order valence-electron chi connectivity index (χ0n) is 19.7. The number of aryl methyl sites for hydroxylation is 2. The predicted molar refractivity (Wildman–Crippen MR) is 137 cm³/mol. The average molecular weight is 518 g/mol. The van der Waals surface area contributed by atoms with E-state index in [1.165, 1.54) is 0 Å². The van der Waals surface area contributed by atoms with Gasteiger partial charge >= 0.3 is 26.2 Å². The van der Waals surface area contributed by atoms with Crippen LogP contribution in [-0.4, -0.2) is 10.2 Å². The summed E-state index contributed by atoms with van der Waals surface area (Å²) in [5, 5.41) is 19.0. The van der Waals surface area contributed by atoms with E-state index in [0.29, 0.717) is 11.5 Å². The molecule has 0 bridgehead atoms. The molecule has 0 aromatic heterocycles. The van der Waals surface area contributed by atoms with Crippen molar-refractivity contribution in [2.75, 3.05) is 0 Å². The number of hydrogen-bond donors (Lipinski definition) is 2. The van der Waals surface area contributed by atoms with Gasteiger partial charge in [-0.3, -0.25) is 12.2 Å². The second-order valence-corrected chi connectivity index (χ2v) is 7.16. The number of para-hydroxylation sites is 2. The maximum absolute atomic E-state index is 9.48. The number of aromatic hydroxyl groups is 2. The maximum Gasteiger partial charge on any atom is 2.00 e. The molecule has 2 N–H and O–H groups in total. The molecule has 0 saturated carbocycles. The van der Waals surface area contributed by atoms with Crippen molar-refractivity contribution < 1.29 is 36.4 Å². The van der Waals surface area contributed by atoms with Crippen molar-refractivity contribution in [2.24, 2.45) is 0 Å². The smallest absolute Gasteiger partial charge is 0.507 e. The fourth-order valence-corrected chi connectivity index (χ4v) is 2.76. The van der Waals surface area contributed by atoms with Crippen molar-refractivity contribution in [2.45, 2.75) is 39.5 Å². The van der Waals surface area contributed by atoms with Gasteiger partial charge in [0, 0.05) is 0 Å². The first-order valence-corrected chi connectivity index (χ1v) is 10.7. The van der Waals surface area contributed by atoms with Crippen LogP contribution in [0.25, 0.3) is 0 Å². The van der Waals surface area contributed by atoms with Crippen molar-refractivity contribution >= 4 is 0 Å². The molecule has 0 spiro atoms. The maximum atomic E-state index is 9.48. The van der Waals surface area contributed by atoms with Gasteiger partial charge in [-0.1, -0.05) is 48.6 Å². The molecule has 2 nitrogen and oxygen atoms in total. The number of phenols is 2. The van der Waals surface area contributed by atoms with Crippen LogP contribution in [0.3, 0.4) is 0 Å². The number of phenolic OH excluding ortho intramolecular Hbond substituents is 2. The van der Waals surface area contributed by atoms with Gasteiger partial charge in [0.15, 0.2) is 0 Å². The second-order valence-electron chi connectivity index (χ2n) is 7.16. The number of rotatable bonds is 4. The fourth-order valence-electron chi connectivity index (χ4n) is 2.76. The summed E-state index contributed by atoms with van der Waals surface area (Å²) in [4.78, 5) is 0. The number of hydrogen-bond acceptors (Lipinski definition) is 2. The third-order valence-electron chi connectivity index (χ3n) is 4.54. The summed E-state index contributed by atoms with van der Waals surface area (Å²) in [7, 11) is 0. The molecule has 2 aromatic carbocycles. The van der Waals surface area contributed by atoms with Crippen molar-refractivity contribution in [1.29, 1.82) is 0 Å². The van der Waals surface area contributed by atoms with Gasteiger partial charge in [-0.05, 0) is 48.9 Å². The van der Waals surface area contributed by atoms with E-state index < -0.39 is 0 Å². The van der Waals surface area contributed by atoms with Gasteiger partial charge in [-0.15, -0.1) is 26.0 Å². The van der Waals surface area contributed by atoms with Gasteiger partial charge in [0.2, 0.25) is 0 Å². The molecule has 0 atom stereocenters. The molecule has 2 aromatic rings. The molecule has 2 aliphatic carbocycles. The van der Waals surface area contributed by atoms with E-state index in [4.69, 9.17) is 0 Å². The van der Waals surface area contributed by atoms with Crippen LogP contribution in [0, 0.1) is 26.0 Å². The van der Waals surface area contributed by atoms with Gasteiger partial charge < -0.3 is 10.2 Å². The van der Waals surface area contributed by atoms with E-state index in [0.717, 1.165) is 47.9 Å². The van der Waals surface area contributed by atoms with Crippen LogP contribution in [0.1, 0.15) is 35.1 Å². The van der Waals surface area contributed by atoms with Crippen LogP contribution in [0.5, 0.6) is 11.5 Å². The van der Waals surface area contributed by atoms with Crippen LogP contribution in [0.15, 0.2) is 98.2 Å². The van der Waals surface area contributed by atoms with E-state index in [1.54, 1.807) is 12.2 Å². The van der Waals surface area contributed by atoms with Crippen LogP contribution in [-0.2, 0) is 39.0 Å². The van der Waals surface area contributed by atoms with Crippen LogP contribution in [0.2, 0.25) is 0 Å². The minimum atomic E-state index is 0. The van der Waals surface area contributed by atoms with E-state index in [1.807, 2.05) is 74.5 Å². The standard InChI is InChI=1S/2C10H12O.2C5H5.Zr/c2*1-3-5-9-7-4-6-8(2)10(9)11;2*1-2-4-5-3-1;/h2*3-4,6-7,11H,1,5H2,2H3;2*1-3H,4H2;/q;;2*-1;+2. The Morgan fingerprint density at radius 3 is 1.39 bits per heavy atom. The van der Waals surface area contributed by atoms with Gasteiger partial charge in [-0.2, -0.15) is 12.2 Å². The van der Waals surface area contributed by atoms with Crippen LogP contribution in [0.4, 0.5) is 0 Å². The Kier molecular flexibility index (Phi) is 17.4. The zero-order valence-corrected chi connectivity index (χ0v) is 22.2. The molecule has 0 unspecified atom stereocenters. The topological polar surface area (TPSA) is 40.5 Å². The Morgan fingerprint density at radius 2 is 1.15 bits per heavy atom. The van der Waals surface area contributed by atoms with E-state index >= 15 is 0 Å². The average Bonchev–Trinajstić information content (AvgIpc) is 3.55. The quantitative estimate of drug-likeness (QED) is 0.326. The van der Waals surface area contributed by atoms with Crippen LogP contribution < -0.4 is 0 Å². The Bertz CT molecular complexity index is 866. The molecule has 33 heavy (non-hydrogen) atoms. The minimum absolute atomic E-state index is 0. The normalized spacial score (nSPS) is 11.7. The largest absolute Gasteiger partial charge is 2.00 e. The molecular formula is C30H34O2Zr. The van der Waals surface area contributed by atoms with Crippen LogP contribution >= 0.6 is 0 Å². The molecule has 0 amide bonds. The summed E-state index contributed by atoms with van der Waals surface area (Å²) < 4.78 is 0. The Hall–Kier alpha value is -2.64. The second kappa shape index (κ2) is 18.9. The van der Waals surface area contributed by atoms with Crippen molar-refractivity contribution in [3.8, 4) is 11.5 Å². The molecule has 0 fully saturated rings. The van der Waals surface area contributed by atoms with E-state index in [2.05, 4.69) is 37.5 Å². The first-order valence-electron chi connectivity index (χ1n) is 10.7. The summed E-state index contributed by atoms with van der Waals surface area (Å²) in [6.07, 6.45) is 25.0. The number of allylic oxidation sites excluding steroid dienone is 10. The molecule has 0 radical (unpaired) electrons. The minimum Gasteiger partial charge on any atom is -0.507 e.